The predicted molar refractivity (Wildman–Crippen MR) is 89.6 cm³/mol. The fourth-order valence-electron chi connectivity index (χ4n) is 3.94. The lowest BCUT2D eigenvalue weighted by Crippen LogP contribution is -2.28. The van der Waals surface area contributed by atoms with Crippen molar-refractivity contribution in [2.45, 2.75) is 25.8 Å². The number of halogens is 1. The number of rotatable bonds is 2. The molecular formula is C17H23BrN2O2. The van der Waals surface area contributed by atoms with E-state index in [0.29, 0.717) is 5.41 Å². The lowest BCUT2D eigenvalue weighted by atomic mass is 9.86. The normalized spacial score (nSPS) is 28.2. The van der Waals surface area contributed by atoms with Crippen LogP contribution in [0.4, 0.5) is 0 Å². The molecule has 5 heteroatoms. The molecule has 1 aromatic rings. The molecule has 0 radical (unpaired) electrons. The van der Waals surface area contributed by atoms with Gasteiger partial charge in [0.05, 0.1) is 17.7 Å². The highest BCUT2D eigenvalue weighted by molar-refractivity contribution is 9.10. The summed E-state index contributed by atoms with van der Waals surface area (Å²) in [5.41, 5.74) is 1.84. The van der Waals surface area contributed by atoms with Crippen molar-refractivity contribution in [2.75, 3.05) is 39.4 Å². The third kappa shape index (κ3) is 2.86. The Hall–Kier alpha value is -0.780. The molecule has 1 aromatic carbocycles. The summed E-state index contributed by atoms with van der Waals surface area (Å²) in [5.74, 6) is 1.75. The van der Waals surface area contributed by atoms with Crippen LogP contribution >= 0.6 is 15.9 Å². The van der Waals surface area contributed by atoms with Crippen LogP contribution in [0.2, 0.25) is 0 Å². The first-order chi connectivity index (χ1) is 10.7. The number of fused-ring (bicyclic) bond motifs is 1. The maximum absolute atomic E-state index is 5.84. The first-order valence-corrected chi connectivity index (χ1v) is 9.05. The van der Waals surface area contributed by atoms with Gasteiger partial charge in [0.15, 0.2) is 11.5 Å². The summed E-state index contributed by atoms with van der Waals surface area (Å²) in [4.78, 5) is 2.58. The summed E-state index contributed by atoms with van der Waals surface area (Å²) >= 11 is 3.64. The number of hydrogen-bond acceptors (Lipinski definition) is 4. The number of likely N-dealkylation sites (tertiary alicyclic amines) is 1. The molecule has 2 fully saturated rings. The number of ether oxygens (including phenoxy) is 2. The lowest BCUT2D eigenvalue weighted by molar-refractivity contribution is 0.268. The van der Waals surface area contributed by atoms with Crippen LogP contribution in [-0.2, 0) is 6.54 Å². The van der Waals surface area contributed by atoms with Gasteiger partial charge in [-0.15, -0.1) is 0 Å². The zero-order chi connectivity index (χ0) is 15.0. The van der Waals surface area contributed by atoms with E-state index < -0.39 is 0 Å². The summed E-state index contributed by atoms with van der Waals surface area (Å²) in [5, 5.41) is 3.53. The third-order valence-corrected chi connectivity index (χ3v) is 5.71. The van der Waals surface area contributed by atoms with Gasteiger partial charge in [-0.25, -0.2) is 0 Å². The predicted octanol–water partition coefficient (Wildman–Crippen LogP) is 2.80. The van der Waals surface area contributed by atoms with E-state index in [1.807, 2.05) is 0 Å². The monoisotopic (exact) mass is 366 g/mol. The first kappa shape index (κ1) is 14.8. The highest BCUT2D eigenvalue weighted by Crippen LogP contribution is 2.40. The van der Waals surface area contributed by atoms with Crippen molar-refractivity contribution in [3.63, 3.8) is 0 Å². The van der Waals surface area contributed by atoms with Gasteiger partial charge in [0.1, 0.15) is 0 Å². The lowest BCUT2D eigenvalue weighted by Gasteiger charge is -2.23. The molecule has 3 aliphatic heterocycles. The second kappa shape index (κ2) is 6.02. The number of hydrogen-bond donors (Lipinski definition) is 1. The molecule has 22 heavy (non-hydrogen) atoms. The molecule has 1 atom stereocenters. The molecule has 1 N–H and O–H groups in total. The van der Waals surface area contributed by atoms with Crippen molar-refractivity contribution >= 4 is 15.9 Å². The van der Waals surface area contributed by atoms with Crippen LogP contribution in [-0.4, -0.2) is 44.3 Å². The summed E-state index contributed by atoms with van der Waals surface area (Å²) < 4.78 is 12.6. The molecule has 3 heterocycles. The van der Waals surface area contributed by atoms with Crippen molar-refractivity contribution in [3.05, 3.63) is 22.2 Å². The van der Waals surface area contributed by atoms with Crippen LogP contribution in [0, 0.1) is 5.41 Å². The topological polar surface area (TPSA) is 33.7 Å². The highest BCUT2D eigenvalue weighted by atomic mass is 79.9. The van der Waals surface area contributed by atoms with E-state index in [4.69, 9.17) is 9.47 Å². The number of benzene rings is 1. The van der Waals surface area contributed by atoms with Crippen molar-refractivity contribution in [1.29, 1.82) is 0 Å². The molecule has 120 valence electrons. The van der Waals surface area contributed by atoms with Gasteiger partial charge in [-0.1, -0.05) is 0 Å². The number of nitrogens with one attached hydrogen (secondary N) is 1. The van der Waals surface area contributed by atoms with E-state index >= 15 is 0 Å². The molecule has 0 bridgehead atoms. The molecule has 1 spiro atoms. The van der Waals surface area contributed by atoms with Gasteiger partial charge < -0.3 is 14.8 Å². The van der Waals surface area contributed by atoms with Gasteiger partial charge >= 0.3 is 0 Å². The molecule has 0 saturated carbocycles. The Labute approximate surface area is 140 Å². The summed E-state index contributed by atoms with van der Waals surface area (Å²) in [7, 11) is 0. The van der Waals surface area contributed by atoms with E-state index in [9.17, 15) is 0 Å². The SMILES string of the molecule is Brc1cc(CN2CCC3(CCNC3)C2)cc2c1OCCCO2. The Balaban J connectivity index is 1.49. The summed E-state index contributed by atoms with van der Waals surface area (Å²) in [6, 6.07) is 4.34. The smallest absolute Gasteiger partial charge is 0.175 e. The first-order valence-electron chi connectivity index (χ1n) is 8.25. The van der Waals surface area contributed by atoms with Crippen LogP contribution in [0.25, 0.3) is 0 Å². The zero-order valence-corrected chi connectivity index (χ0v) is 14.5. The van der Waals surface area contributed by atoms with Crippen LogP contribution in [0.15, 0.2) is 16.6 Å². The standard InChI is InChI=1S/C17H23BrN2O2/c18-14-8-13(9-15-16(14)22-7-1-6-21-15)10-20-5-3-17(12-20)2-4-19-11-17/h8-9,19H,1-7,10-12H2. The minimum Gasteiger partial charge on any atom is -0.490 e. The Bertz CT molecular complexity index is 558. The highest BCUT2D eigenvalue weighted by Gasteiger charge is 2.40. The molecule has 0 aliphatic carbocycles. The summed E-state index contributed by atoms with van der Waals surface area (Å²) in [6.07, 6.45) is 3.60. The molecule has 2 saturated heterocycles. The molecule has 4 rings (SSSR count). The average Bonchev–Trinajstić information content (AvgIpc) is 3.04. The van der Waals surface area contributed by atoms with E-state index in [1.54, 1.807) is 0 Å². The van der Waals surface area contributed by atoms with Gasteiger partial charge in [-0.05, 0) is 65.0 Å². The summed E-state index contributed by atoms with van der Waals surface area (Å²) in [6.45, 7) is 7.25. The third-order valence-electron chi connectivity index (χ3n) is 5.12. The van der Waals surface area contributed by atoms with Gasteiger partial charge in [-0.3, -0.25) is 4.90 Å². The van der Waals surface area contributed by atoms with Gasteiger partial charge in [0, 0.05) is 26.1 Å². The van der Waals surface area contributed by atoms with Crippen LogP contribution < -0.4 is 14.8 Å². The van der Waals surface area contributed by atoms with E-state index in [1.165, 1.54) is 44.6 Å². The van der Waals surface area contributed by atoms with Gasteiger partial charge in [0.25, 0.3) is 0 Å². The van der Waals surface area contributed by atoms with Crippen molar-refractivity contribution in [1.82, 2.24) is 10.2 Å². The van der Waals surface area contributed by atoms with Crippen molar-refractivity contribution in [3.8, 4) is 11.5 Å². The largest absolute Gasteiger partial charge is 0.490 e. The van der Waals surface area contributed by atoms with Crippen molar-refractivity contribution in [2.24, 2.45) is 5.41 Å². The van der Waals surface area contributed by atoms with Crippen molar-refractivity contribution < 1.29 is 9.47 Å². The van der Waals surface area contributed by atoms with Gasteiger partial charge in [-0.2, -0.15) is 0 Å². The zero-order valence-electron chi connectivity index (χ0n) is 12.9. The maximum Gasteiger partial charge on any atom is 0.175 e. The minimum atomic E-state index is 0.530. The molecule has 0 aromatic heterocycles. The van der Waals surface area contributed by atoms with E-state index in [-0.39, 0.29) is 0 Å². The molecule has 1 unspecified atom stereocenters. The average molecular weight is 367 g/mol. The second-order valence-electron chi connectivity index (χ2n) is 6.84. The molecular weight excluding hydrogens is 344 g/mol. The quantitative estimate of drug-likeness (QED) is 0.872. The Kier molecular flexibility index (Phi) is 4.05. The molecule has 3 aliphatic rings. The molecule has 4 nitrogen and oxygen atoms in total. The van der Waals surface area contributed by atoms with Crippen LogP contribution in [0.1, 0.15) is 24.8 Å². The minimum absolute atomic E-state index is 0.530. The Morgan fingerprint density at radius 2 is 2.14 bits per heavy atom. The second-order valence-corrected chi connectivity index (χ2v) is 7.70. The fourth-order valence-corrected chi connectivity index (χ4v) is 4.54. The Morgan fingerprint density at radius 3 is 3.00 bits per heavy atom. The van der Waals surface area contributed by atoms with E-state index in [2.05, 4.69) is 38.3 Å². The van der Waals surface area contributed by atoms with Crippen LogP contribution in [0.5, 0.6) is 11.5 Å². The number of nitrogens with zero attached hydrogens (tertiary/aromatic N) is 1. The van der Waals surface area contributed by atoms with Crippen LogP contribution in [0.3, 0.4) is 0 Å². The maximum atomic E-state index is 5.84. The van der Waals surface area contributed by atoms with Gasteiger partial charge in [0.2, 0.25) is 0 Å². The van der Waals surface area contributed by atoms with E-state index in [0.717, 1.165) is 42.2 Å². The molecule has 0 amide bonds. The fraction of sp³-hybridized carbons (Fsp3) is 0.647. The Morgan fingerprint density at radius 1 is 1.23 bits per heavy atom.